The van der Waals surface area contributed by atoms with Crippen molar-refractivity contribution in [2.45, 2.75) is 32.2 Å². The van der Waals surface area contributed by atoms with E-state index in [0.29, 0.717) is 23.4 Å². The minimum atomic E-state index is -0.539. The summed E-state index contributed by atoms with van der Waals surface area (Å²) < 4.78 is 11.4. The molecule has 1 saturated heterocycles. The van der Waals surface area contributed by atoms with Crippen molar-refractivity contribution >= 4 is 5.78 Å². The minimum absolute atomic E-state index is 0.0126. The van der Waals surface area contributed by atoms with Crippen molar-refractivity contribution in [3.63, 3.8) is 0 Å². The van der Waals surface area contributed by atoms with Gasteiger partial charge in [0.1, 0.15) is 50.3 Å². The number of ether oxygens (including phenoxy) is 2. The molecule has 1 fully saturated rings. The van der Waals surface area contributed by atoms with Gasteiger partial charge in [0.2, 0.25) is 0 Å². The number of quaternary nitrogens is 1. The lowest BCUT2D eigenvalue weighted by Gasteiger charge is -2.33. The number of ketones is 1. The van der Waals surface area contributed by atoms with Crippen LogP contribution in [-0.4, -0.2) is 55.4 Å². The highest BCUT2D eigenvalue weighted by molar-refractivity contribution is 6.08. The lowest BCUT2D eigenvalue weighted by atomic mass is 10.0. The van der Waals surface area contributed by atoms with Crippen LogP contribution in [0.4, 0.5) is 0 Å². The molecule has 0 saturated carbocycles. The van der Waals surface area contributed by atoms with Gasteiger partial charge < -0.3 is 19.5 Å². The molecule has 2 aromatic rings. The summed E-state index contributed by atoms with van der Waals surface area (Å²) in [7, 11) is 0. The second-order valence-electron chi connectivity index (χ2n) is 7.30. The number of morpholine rings is 1. The molecule has 0 aliphatic carbocycles. The molecule has 0 spiro atoms. The number of rotatable bonds is 7. The lowest BCUT2D eigenvalue weighted by Crippen LogP contribution is -3.16. The molecule has 2 aromatic carbocycles. The molecule has 0 radical (unpaired) electrons. The molecular weight excluding hydrogens is 342 g/mol. The molecule has 0 unspecified atom stereocenters. The molecule has 0 amide bonds. The topological polar surface area (TPSA) is 60.2 Å². The quantitative estimate of drug-likeness (QED) is 0.723. The number of aliphatic hydroxyl groups is 1. The van der Waals surface area contributed by atoms with Crippen molar-refractivity contribution < 1.29 is 24.3 Å². The minimum Gasteiger partial charge on any atom is -0.491 e. The van der Waals surface area contributed by atoms with Crippen LogP contribution >= 0.6 is 0 Å². The van der Waals surface area contributed by atoms with Gasteiger partial charge in [0.05, 0.1) is 0 Å². The van der Waals surface area contributed by atoms with E-state index in [1.807, 2.05) is 18.2 Å². The van der Waals surface area contributed by atoms with Gasteiger partial charge in [0.15, 0.2) is 5.78 Å². The first-order chi connectivity index (χ1) is 13.0. The van der Waals surface area contributed by atoms with Crippen LogP contribution in [0.1, 0.15) is 29.8 Å². The molecule has 5 heteroatoms. The van der Waals surface area contributed by atoms with Crippen LogP contribution in [0, 0.1) is 0 Å². The number of hydrogen-bond acceptors (Lipinski definition) is 4. The van der Waals surface area contributed by atoms with Gasteiger partial charge in [0, 0.05) is 11.1 Å². The maximum atomic E-state index is 12.4. The highest BCUT2D eigenvalue weighted by Crippen LogP contribution is 2.15. The van der Waals surface area contributed by atoms with E-state index in [-0.39, 0.29) is 24.6 Å². The maximum Gasteiger partial charge on any atom is 0.193 e. The third kappa shape index (κ3) is 5.63. The van der Waals surface area contributed by atoms with Crippen molar-refractivity contribution in [1.82, 2.24) is 0 Å². The highest BCUT2D eigenvalue weighted by atomic mass is 16.5. The normalized spacial score (nSPS) is 23.6. The first kappa shape index (κ1) is 19.5. The summed E-state index contributed by atoms with van der Waals surface area (Å²) in [5, 5.41) is 10.3. The first-order valence-electron chi connectivity index (χ1n) is 9.51. The van der Waals surface area contributed by atoms with E-state index >= 15 is 0 Å². The number of nitrogens with one attached hydrogen (secondary N) is 1. The molecule has 2 N–H and O–H groups in total. The predicted molar refractivity (Wildman–Crippen MR) is 103 cm³/mol. The zero-order chi connectivity index (χ0) is 19.2. The second kappa shape index (κ2) is 9.13. The van der Waals surface area contributed by atoms with Gasteiger partial charge >= 0.3 is 0 Å². The Morgan fingerprint density at radius 3 is 2.30 bits per heavy atom. The summed E-state index contributed by atoms with van der Waals surface area (Å²) in [4.78, 5) is 13.7. The zero-order valence-corrected chi connectivity index (χ0v) is 15.9. The van der Waals surface area contributed by atoms with E-state index in [4.69, 9.17) is 9.47 Å². The Bertz CT molecular complexity index is 722. The maximum absolute atomic E-state index is 12.4. The van der Waals surface area contributed by atoms with Crippen LogP contribution < -0.4 is 9.64 Å². The Kier molecular flexibility index (Phi) is 6.61. The Morgan fingerprint density at radius 1 is 1.07 bits per heavy atom. The highest BCUT2D eigenvalue weighted by Gasteiger charge is 2.27. The Morgan fingerprint density at radius 2 is 1.67 bits per heavy atom. The Hall–Kier alpha value is -2.21. The van der Waals surface area contributed by atoms with Crippen molar-refractivity contribution in [1.29, 1.82) is 0 Å². The summed E-state index contributed by atoms with van der Waals surface area (Å²) in [5.74, 6) is 0.638. The SMILES string of the molecule is C[C@H]1C[NH+](C[C@H](O)COc2ccc(C(=O)c3ccccc3)cc2)C[C@H](C)O1. The van der Waals surface area contributed by atoms with Gasteiger partial charge in [0.25, 0.3) is 0 Å². The summed E-state index contributed by atoms with van der Waals surface area (Å²) in [6.45, 7) is 6.81. The molecule has 1 heterocycles. The van der Waals surface area contributed by atoms with Gasteiger partial charge in [-0.3, -0.25) is 4.79 Å². The van der Waals surface area contributed by atoms with E-state index in [2.05, 4.69) is 13.8 Å². The van der Waals surface area contributed by atoms with E-state index in [9.17, 15) is 9.90 Å². The molecule has 3 rings (SSSR count). The van der Waals surface area contributed by atoms with Gasteiger partial charge in [-0.05, 0) is 38.1 Å². The van der Waals surface area contributed by atoms with Gasteiger partial charge in [-0.1, -0.05) is 30.3 Å². The fourth-order valence-electron chi connectivity index (χ4n) is 3.60. The van der Waals surface area contributed by atoms with Gasteiger partial charge in [-0.2, -0.15) is 0 Å². The van der Waals surface area contributed by atoms with Crippen LogP contribution in [0.15, 0.2) is 54.6 Å². The number of carbonyl (C=O) groups is 1. The second-order valence-corrected chi connectivity index (χ2v) is 7.30. The smallest absolute Gasteiger partial charge is 0.193 e. The number of benzene rings is 2. The summed E-state index contributed by atoms with van der Waals surface area (Å²) in [6.07, 6.45) is -0.110. The van der Waals surface area contributed by atoms with E-state index in [1.165, 1.54) is 4.90 Å². The molecular formula is C22H28NO4+. The fraction of sp³-hybridized carbons (Fsp3) is 0.409. The van der Waals surface area contributed by atoms with Crippen LogP contribution in [0.3, 0.4) is 0 Å². The monoisotopic (exact) mass is 370 g/mol. The molecule has 3 atom stereocenters. The van der Waals surface area contributed by atoms with Gasteiger partial charge in [-0.15, -0.1) is 0 Å². The fourth-order valence-corrected chi connectivity index (χ4v) is 3.60. The summed E-state index contributed by atoms with van der Waals surface area (Å²) >= 11 is 0. The molecule has 5 nitrogen and oxygen atoms in total. The standard InChI is InChI=1S/C22H27NO4/c1-16-12-23(13-17(2)27-16)14-20(24)15-26-21-10-8-19(9-11-21)22(25)18-6-4-3-5-7-18/h3-11,16-17,20,24H,12-15H2,1-2H3/p+1/t16-,17-,20-/m0/s1. The largest absolute Gasteiger partial charge is 0.491 e. The summed E-state index contributed by atoms with van der Waals surface area (Å²) in [6, 6.07) is 16.3. The lowest BCUT2D eigenvalue weighted by molar-refractivity contribution is -0.918. The number of aliphatic hydroxyl groups excluding tert-OH is 1. The molecule has 144 valence electrons. The average molecular weight is 370 g/mol. The van der Waals surface area contributed by atoms with Crippen LogP contribution in [0.2, 0.25) is 0 Å². The van der Waals surface area contributed by atoms with E-state index < -0.39 is 6.10 Å². The Labute approximate surface area is 160 Å². The first-order valence-corrected chi connectivity index (χ1v) is 9.51. The molecule has 0 bridgehead atoms. The predicted octanol–water partition coefficient (Wildman–Crippen LogP) is 1.35. The third-order valence-corrected chi connectivity index (χ3v) is 4.74. The van der Waals surface area contributed by atoms with Crippen LogP contribution in [-0.2, 0) is 4.74 Å². The third-order valence-electron chi connectivity index (χ3n) is 4.74. The molecule has 27 heavy (non-hydrogen) atoms. The van der Waals surface area contributed by atoms with Crippen LogP contribution in [0.25, 0.3) is 0 Å². The number of hydrogen-bond donors (Lipinski definition) is 2. The summed E-state index contributed by atoms with van der Waals surface area (Å²) in [5.41, 5.74) is 1.29. The van der Waals surface area contributed by atoms with Crippen molar-refractivity contribution in [2.75, 3.05) is 26.2 Å². The average Bonchev–Trinajstić information content (AvgIpc) is 2.66. The Balaban J connectivity index is 1.49. The van der Waals surface area contributed by atoms with Crippen molar-refractivity contribution in [3.8, 4) is 5.75 Å². The molecule has 1 aliphatic heterocycles. The zero-order valence-electron chi connectivity index (χ0n) is 15.9. The van der Waals surface area contributed by atoms with Crippen molar-refractivity contribution in [3.05, 3.63) is 65.7 Å². The van der Waals surface area contributed by atoms with Gasteiger partial charge in [-0.25, -0.2) is 0 Å². The van der Waals surface area contributed by atoms with Crippen LogP contribution in [0.5, 0.6) is 5.75 Å². The van der Waals surface area contributed by atoms with Crippen molar-refractivity contribution in [2.24, 2.45) is 0 Å². The van der Waals surface area contributed by atoms with E-state index in [0.717, 1.165) is 13.1 Å². The van der Waals surface area contributed by atoms with E-state index in [1.54, 1.807) is 36.4 Å². The molecule has 1 aliphatic rings. The molecule has 0 aromatic heterocycles. The number of carbonyl (C=O) groups excluding carboxylic acids is 1.